The topological polar surface area (TPSA) is 592 Å². The van der Waals surface area contributed by atoms with Crippen LogP contribution in [0.3, 0.4) is 0 Å². The first-order valence-corrected chi connectivity index (χ1v) is 50.8. The van der Waals surface area contributed by atoms with Crippen LogP contribution in [-0.2, 0) is 129 Å². The van der Waals surface area contributed by atoms with Crippen LogP contribution < -0.4 is 31.9 Å². The molecule has 0 spiro atoms. The smallest absolute Gasteiger partial charge is 0.326 e. The van der Waals surface area contributed by atoms with Crippen molar-refractivity contribution >= 4 is 112 Å². The Hall–Kier alpha value is -8.99. The Kier molecular flexibility index (Phi) is 81.2. The molecule has 0 unspecified atom stereocenters. The van der Waals surface area contributed by atoms with Crippen LogP contribution in [0.1, 0.15) is 349 Å². The third-order valence-electron chi connectivity index (χ3n) is 23.3. The van der Waals surface area contributed by atoms with Gasteiger partial charge in [0, 0.05) is 147 Å². The number of nitrogens with one attached hydrogen (secondary N) is 6. The minimum absolute atomic E-state index is 0.0214. The van der Waals surface area contributed by atoms with E-state index in [4.69, 9.17) is 48.1 Å². The number of aliphatic carboxylic acids is 6. The van der Waals surface area contributed by atoms with Gasteiger partial charge in [-0.15, -0.1) is 0 Å². The average Bonchev–Trinajstić information content (AvgIpc) is 0.853. The van der Waals surface area contributed by atoms with Crippen LogP contribution in [0.4, 0.5) is 0 Å². The molecule has 798 valence electrons. The van der Waals surface area contributed by atoms with E-state index in [-0.39, 0.29) is 274 Å². The van der Waals surface area contributed by atoms with Crippen molar-refractivity contribution in [3.8, 4) is 0 Å². The second-order valence-corrected chi connectivity index (χ2v) is 36.8. The summed E-state index contributed by atoms with van der Waals surface area (Å²) in [5, 5.41) is 71.9. The molecule has 39 nitrogen and oxygen atoms in total. The number of carbonyl (C=O) groups excluding carboxylic acids is 13. The predicted molar refractivity (Wildman–Crippen MR) is 513 cm³/mol. The predicted octanol–water partition coefficient (Wildman–Crippen LogP) is 11.1. The first-order valence-electron chi connectivity index (χ1n) is 50.8. The molecule has 6 atom stereocenters. The van der Waals surface area contributed by atoms with Gasteiger partial charge in [-0.3, -0.25) is 81.5 Å². The number of amides is 6. The highest BCUT2D eigenvalue weighted by atomic mass is 16.5. The molecule has 0 bridgehead atoms. The zero-order valence-corrected chi connectivity index (χ0v) is 83.7. The van der Waals surface area contributed by atoms with E-state index in [9.17, 15) is 112 Å². The molecule has 6 amide bonds. The lowest BCUT2D eigenvalue weighted by Gasteiger charge is -2.23. The Morgan fingerprint density at radius 2 is 0.554 bits per heavy atom. The first-order chi connectivity index (χ1) is 66.5. The third kappa shape index (κ3) is 82.3. The van der Waals surface area contributed by atoms with Crippen molar-refractivity contribution in [2.24, 2.45) is 29.1 Å². The molecule has 0 saturated heterocycles. The Balaban J connectivity index is 4.23. The summed E-state index contributed by atoms with van der Waals surface area (Å²) in [5.74, 6) is -14.3. The van der Waals surface area contributed by atoms with Crippen molar-refractivity contribution in [3.05, 3.63) is 0 Å². The molecule has 0 aliphatic rings. The largest absolute Gasteiger partial charge is 0.481 e. The molecular formula is C100H170N6O33. The first kappa shape index (κ1) is 130. The molecule has 0 heterocycles. The standard InChI is InChI=1S/C100H170N6O33/c1-75(107)76(35-29-31-51-101-91(117)72-137-64-60-133-56-34-39-83(111)71-136-63-61-134-57-53-103-88(114)49-43-78(96(124)125)68-82(110)46-48-85(99(130)131)105-89(115)40-26-22-18-14-10-6-8-12-16-20-24-28-42-95(122)123)69-86(112)77(70-87(113)100(2,3)4)36-30-32-52-102-92(118)73-139-66-62-135-58-54-104-93(119)74-138-65-59-132-55-33-38-80(108)45-47-84(98(128)129)106-90(116)50-44-79(97(126)127)67-81(109)37-25-21-17-13-9-5-7-11-15-19-23-27-41-94(120)121/h76-79,84-85H,5-74H2,1-4H3,(H,101,117)(H,102,118)(H,103,114)(H,104,119)(H,105,115)(H,106,116)(H,120,121)(H,122,123)(H,124,125)(H,126,127)(H,128,129)(H,130,131)/t76-,77-,78-,79-,84+,85+/m1/s1. The average molecular weight is 1980 g/mol. The van der Waals surface area contributed by atoms with E-state index in [2.05, 4.69) is 31.9 Å². The van der Waals surface area contributed by atoms with Gasteiger partial charge in [-0.05, 0) is 96.8 Å². The van der Waals surface area contributed by atoms with Crippen LogP contribution in [-0.4, -0.2) is 286 Å². The second-order valence-electron chi connectivity index (χ2n) is 36.8. The van der Waals surface area contributed by atoms with Crippen LogP contribution in [0, 0.1) is 29.1 Å². The molecule has 0 aromatic heterocycles. The van der Waals surface area contributed by atoms with E-state index < -0.39 is 113 Å². The fourth-order valence-corrected chi connectivity index (χ4v) is 14.9. The maximum absolute atomic E-state index is 13.8. The van der Waals surface area contributed by atoms with Crippen molar-refractivity contribution in [3.63, 3.8) is 0 Å². The van der Waals surface area contributed by atoms with Crippen LogP contribution in [0.2, 0.25) is 0 Å². The molecule has 12 N–H and O–H groups in total. The van der Waals surface area contributed by atoms with E-state index in [1.165, 1.54) is 6.92 Å². The zero-order chi connectivity index (χ0) is 103. The Morgan fingerprint density at radius 1 is 0.237 bits per heavy atom. The summed E-state index contributed by atoms with van der Waals surface area (Å²) in [4.78, 5) is 234. The van der Waals surface area contributed by atoms with Gasteiger partial charge in [0.25, 0.3) is 0 Å². The van der Waals surface area contributed by atoms with Gasteiger partial charge in [0.1, 0.15) is 73.2 Å². The molecule has 0 radical (unpaired) electrons. The Bertz CT molecular complexity index is 3520. The van der Waals surface area contributed by atoms with Gasteiger partial charge in [-0.1, -0.05) is 162 Å². The van der Waals surface area contributed by atoms with E-state index in [0.29, 0.717) is 77.3 Å². The monoisotopic (exact) mass is 1980 g/mol. The fourth-order valence-electron chi connectivity index (χ4n) is 14.9. The molecule has 0 aromatic carbocycles. The maximum Gasteiger partial charge on any atom is 0.326 e. The van der Waals surface area contributed by atoms with Crippen molar-refractivity contribution in [2.75, 3.05) is 132 Å². The van der Waals surface area contributed by atoms with Gasteiger partial charge in [0.15, 0.2) is 5.78 Å². The third-order valence-corrected chi connectivity index (χ3v) is 23.3. The number of ether oxygens (including phenoxy) is 8. The summed E-state index contributed by atoms with van der Waals surface area (Å²) in [6.45, 7) is 8.62. The SMILES string of the molecule is CC(=O)[C@H](CCCCNC(=O)COCCOCCCC(=O)COCCOCCNC(=O)CC[C@H](CC(=O)CC[C@H](NC(=O)CCCCCCCCCCCCCCC(=O)O)C(=O)O)C(=O)O)CC(=O)[C@H](CCCCNC(=O)COCCOCCNC(=O)COCCOCCCC(=O)CC[C@H](NC(=O)CC[C@H](CC(=O)CCCCCCCCCCCCCCC(=O)O)C(=O)O)C(=O)O)CC(=O)C(C)(C)C. The highest BCUT2D eigenvalue weighted by molar-refractivity contribution is 5.93. The van der Waals surface area contributed by atoms with E-state index in [1.54, 1.807) is 20.8 Å². The zero-order valence-electron chi connectivity index (χ0n) is 83.7. The van der Waals surface area contributed by atoms with Gasteiger partial charge >= 0.3 is 35.8 Å². The molecule has 39 heteroatoms. The van der Waals surface area contributed by atoms with Gasteiger partial charge < -0.3 is 100 Å². The van der Waals surface area contributed by atoms with E-state index in [0.717, 1.165) is 141 Å². The Morgan fingerprint density at radius 3 is 0.942 bits per heavy atom. The van der Waals surface area contributed by atoms with Crippen molar-refractivity contribution in [2.45, 2.75) is 361 Å². The lowest BCUT2D eigenvalue weighted by atomic mass is 9.79. The van der Waals surface area contributed by atoms with E-state index in [1.807, 2.05) is 0 Å². The summed E-state index contributed by atoms with van der Waals surface area (Å²) in [5.41, 5.74) is -0.691. The van der Waals surface area contributed by atoms with Crippen LogP contribution in [0.5, 0.6) is 0 Å². The molecule has 0 saturated carbocycles. The number of carboxylic acid groups (broad SMARTS) is 6. The number of Topliss-reactive ketones (excluding diaryl/α,β-unsaturated/α-hetero) is 7. The summed E-state index contributed by atoms with van der Waals surface area (Å²) < 4.78 is 43.5. The number of ketones is 7. The number of unbranched alkanes of at least 4 members (excludes halogenated alkanes) is 24. The number of hydrogen-bond donors (Lipinski definition) is 12. The van der Waals surface area contributed by atoms with Gasteiger partial charge in [-0.25, -0.2) is 9.59 Å². The summed E-state index contributed by atoms with van der Waals surface area (Å²) >= 11 is 0. The second kappa shape index (κ2) is 86.9. The van der Waals surface area contributed by atoms with Crippen LogP contribution in [0.25, 0.3) is 0 Å². The van der Waals surface area contributed by atoms with Gasteiger partial charge in [0.05, 0.1) is 77.9 Å². The van der Waals surface area contributed by atoms with Crippen molar-refractivity contribution in [1.82, 2.24) is 31.9 Å². The Labute approximate surface area is 821 Å². The molecule has 0 aliphatic carbocycles. The normalized spacial score (nSPS) is 12.7. The molecule has 0 rings (SSSR count). The van der Waals surface area contributed by atoms with Crippen molar-refractivity contribution in [1.29, 1.82) is 0 Å². The number of carboxylic acids is 6. The van der Waals surface area contributed by atoms with Crippen LogP contribution in [0.15, 0.2) is 0 Å². The highest BCUT2D eigenvalue weighted by Gasteiger charge is 2.32. The minimum atomic E-state index is -1.37. The van der Waals surface area contributed by atoms with E-state index >= 15 is 0 Å². The highest BCUT2D eigenvalue weighted by Crippen LogP contribution is 2.28. The summed E-state index contributed by atoms with van der Waals surface area (Å²) in [6.07, 6.45) is 26.1. The number of hydrogen-bond acceptors (Lipinski definition) is 27. The molecule has 0 aromatic rings. The molecule has 139 heavy (non-hydrogen) atoms. The minimum Gasteiger partial charge on any atom is -0.481 e. The maximum atomic E-state index is 13.8. The fraction of sp³-hybridized carbons (Fsp3) is 0.810. The lowest BCUT2D eigenvalue weighted by Crippen LogP contribution is -2.41. The van der Waals surface area contributed by atoms with Gasteiger partial charge in [0.2, 0.25) is 35.4 Å². The van der Waals surface area contributed by atoms with Crippen LogP contribution >= 0.6 is 0 Å². The van der Waals surface area contributed by atoms with Gasteiger partial charge in [-0.2, -0.15) is 0 Å². The quantitative estimate of drug-likeness (QED) is 0.0252. The number of rotatable bonds is 102. The summed E-state index contributed by atoms with van der Waals surface area (Å²) in [7, 11) is 0. The lowest BCUT2D eigenvalue weighted by molar-refractivity contribution is -0.145. The summed E-state index contributed by atoms with van der Waals surface area (Å²) in [6, 6.07) is -2.68. The van der Waals surface area contributed by atoms with Crippen molar-refractivity contribution < 1.29 is 160 Å². The molecule has 0 aliphatic heterocycles. The number of carbonyl (C=O) groups is 19. The molecule has 0 fully saturated rings. The molecular weight excluding hydrogens is 1810 g/mol.